The van der Waals surface area contributed by atoms with Gasteiger partial charge in [-0.05, 0) is 11.6 Å². The Morgan fingerprint density at radius 1 is 1.30 bits per heavy atom. The normalized spacial score (nSPS) is 22.1. The number of nitro benzene ring substituents is 1. The quantitative estimate of drug-likeness (QED) is 0.675. The Balaban J connectivity index is 2.41. The Bertz CT molecular complexity index is 591. The van der Waals surface area contributed by atoms with E-state index in [1.54, 1.807) is 0 Å². The smallest absolute Gasteiger partial charge is 0.288 e. The zero-order valence-electron chi connectivity index (χ0n) is 10.1. The van der Waals surface area contributed by atoms with E-state index in [9.17, 15) is 25.0 Å². The molecule has 2 atom stereocenters. The van der Waals surface area contributed by atoms with Gasteiger partial charge in [0.25, 0.3) is 5.69 Å². The largest absolute Gasteiger partial charge is 0.343 e. The fourth-order valence-corrected chi connectivity index (χ4v) is 2.37. The molecule has 1 fully saturated rings. The second-order valence-corrected chi connectivity index (χ2v) is 4.81. The first-order valence-electron chi connectivity index (χ1n) is 5.77. The number of amides is 1. The number of rotatable bonds is 3. The number of hydrogen-bond donors (Lipinski definition) is 1. The Labute approximate surface area is 118 Å². The van der Waals surface area contributed by atoms with Crippen molar-refractivity contribution in [1.82, 2.24) is 5.32 Å². The third kappa shape index (κ3) is 2.69. The number of benzene rings is 1. The molecule has 106 valence electrons. The molecule has 0 spiro atoms. The van der Waals surface area contributed by atoms with E-state index < -0.39 is 21.9 Å². The van der Waals surface area contributed by atoms with Crippen LogP contribution in [0.15, 0.2) is 18.2 Å². The molecule has 1 aliphatic heterocycles. The highest BCUT2D eigenvalue weighted by Gasteiger charge is 2.38. The minimum Gasteiger partial charge on any atom is -0.343 e. The molecule has 0 radical (unpaired) electrons. The van der Waals surface area contributed by atoms with Crippen molar-refractivity contribution in [3.8, 4) is 0 Å². The van der Waals surface area contributed by atoms with Crippen molar-refractivity contribution < 1.29 is 14.6 Å². The van der Waals surface area contributed by atoms with Crippen molar-refractivity contribution in [3.05, 3.63) is 49.0 Å². The lowest BCUT2D eigenvalue weighted by atomic mass is 9.92. The lowest BCUT2D eigenvalue weighted by molar-refractivity contribution is -0.529. The Kier molecular flexibility index (Phi) is 3.84. The molecule has 0 aromatic heterocycles. The maximum Gasteiger partial charge on any atom is 0.288 e. The van der Waals surface area contributed by atoms with Gasteiger partial charge in [-0.25, -0.2) is 0 Å². The SMILES string of the molecule is O=C1CC[C@H]([N+](=O)[O-])[C@@H](c2ccc(Cl)c([N+](=O)[O-])c2)N1. The van der Waals surface area contributed by atoms with Crippen molar-refractivity contribution in [2.24, 2.45) is 0 Å². The average Bonchev–Trinajstić information content (AvgIpc) is 2.38. The molecule has 1 aliphatic rings. The van der Waals surface area contributed by atoms with Crippen LogP contribution in [0.3, 0.4) is 0 Å². The van der Waals surface area contributed by atoms with Gasteiger partial charge >= 0.3 is 0 Å². The van der Waals surface area contributed by atoms with E-state index in [-0.39, 0.29) is 29.5 Å². The number of nitrogens with zero attached hydrogens (tertiary/aromatic N) is 2. The summed E-state index contributed by atoms with van der Waals surface area (Å²) in [5, 5.41) is 24.3. The van der Waals surface area contributed by atoms with Crippen LogP contribution in [-0.4, -0.2) is 21.8 Å². The molecule has 0 bridgehead atoms. The Morgan fingerprint density at radius 2 is 2.00 bits per heavy atom. The van der Waals surface area contributed by atoms with Crippen molar-refractivity contribution in [3.63, 3.8) is 0 Å². The van der Waals surface area contributed by atoms with Gasteiger partial charge in [-0.2, -0.15) is 0 Å². The number of carbonyl (C=O) groups excluding carboxylic acids is 1. The van der Waals surface area contributed by atoms with Crippen LogP contribution in [0.1, 0.15) is 24.4 Å². The molecule has 1 aromatic carbocycles. The summed E-state index contributed by atoms with van der Waals surface area (Å²) in [6, 6.07) is 2.01. The summed E-state index contributed by atoms with van der Waals surface area (Å²) < 4.78 is 0. The van der Waals surface area contributed by atoms with Crippen molar-refractivity contribution in [2.75, 3.05) is 0 Å². The summed E-state index contributed by atoms with van der Waals surface area (Å²) in [5.41, 5.74) is -0.0399. The van der Waals surface area contributed by atoms with Gasteiger partial charge in [-0.1, -0.05) is 17.7 Å². The van der Waals surface area contributed by atoms with Crippen LogP contribution in [0, 0.1) is 20.2 Å². The first-order valence-corrected chi connectivity index (χ1v) is 6.14. The predicted molar refractivity (Wildman–Crippen MR) is 69.0 cm³/mol. The third-order valence-corrected chi connectivity index (χ3v) is 3.48. The van der Waals surface area contributed by atoms with Crippen LogP contribution in [0.2, 0.25) is 5.02 Å². The van der Waals surface area contributed by atoms with Crippen molar-refractivity contribution >= 4 is 23.2 Å². The molecular formula is C11H10ClN3O5. The molecule has 1 saturated heterocycles. The minimum atomic E-state index is -1.01. The summed E-state index contributed by atoms with van der Waals surface area (Å²) in [4.78, 5) is 32.1. The summed E-state index contributed by atoms with van der Waals surface area (Å²) >= 11 is 5.69. The van der Waals surface area contributed by atoms with Gasteiger partial charge in [0.15, 0.2) is 0 Å². The minimum absolute atomic E-state index is 0.0569. The molecule has 1 amide bonds. The summed E-state index contributed by atoms with van der Waals surface area (Å²) in [5.74, 6) is -0.314. The standard InChI is InChI=1S/C11H10ClN3O5/c12-7-2-1-6(5-9(7)15(19)20)11-8(14(17)18)3-4-10(16)13-11/h1-2,5,8,11H,3-4H2,(H,13,16)/t8-,11+/m0/s1. The van der Waals surface area contributed by atoms with Crippen LogP contribution in [0.4, 0.5) is 5.69 Å². The highest BCUT2D eigenvalue weighted by atomic mass is 35.5. The second kappa shape index (κ2) is 5.41. The second-order valence-electron chi connectivity index (χ2n) is 4.40. The summed E-state index contributed by atoms with van der Waals surface area (Å²) in [6.07, 6.45) is 0.164. The van der Waals surface area contributed by atoms with Gasteiger partial charge in [0.05, 0.1) is 4.92 Å². The van der Waals surface area contributed by atoms with E-state index in [2.05, 4.69) is 5.32 Å². The average molecular weight is 300 g/mol. The maximum absolute atomic E-state index is 11.4. The van der Waals surface area contributed by atoms with Gasteiger partial charge in [-0.3, -0.25) is 25.0 Å². The Morgan fingerprint density at radius 3 is 2.60 bits per heavy atom. The van der Waals surface area contributed by atoms with Gasteiger partial charge in [0, 0.05) is 23.8 Å². The highest BCUT2D eigenvalue weighted by Crippen LogP contribution is 2.32. The van der Waals surface area contributed by atoms with Gasteiger partial charge in [-0.15, -0.1) is 0 Å². The lowest BCUT2D eigenvalue weighted by Crippen LogP contribution is -2.45. The summed E-state index contributed by atoms with van der Waals surface area (Å²) in [7, 11) is 0. The topological polar surface area (TPSA) is 115 Å². The van der Waals surface area contributed by atoms with E-state index in [0.717, 1.165) is 6.07 Å². The molecule has 0 aliphatic carbocycles. The number of piperidine rings is 1. The van der Waals surface area contributed by atoms with E-state index >= 15 is 0 Å². The van der Waals surface area contributed by atoms with Crippen LogP contribution in [0.5, 0.6) is 0 Å². The molecule has 1 heterocycles. The van der Waals surface area contributed by atoms with Crippen LogP contribution in [-0.2, 0) is 4.79 Å². The zero-order chi connectivity index (χ0) is 14.9. The first kappa shape index (κ1) is 14.2. The zero-order valence-corrected chi connectivity index (χ0v) is 10.9. The van der Waals surface area contributed by atoms with Crippen LogP contribution < -0.4 is 5.32 Å². The molecule has 1 aromatic rings. The van der Waals surface area contributed by atoms with Gasteiger partial charge in [0.1, 0.15) is 11.1 Å². The molecule has 2 rings (SSSR count). The van der Waals surface area contributed by atoms with Crippen LogP contribution >= 0.6 is 11.6 Å². The number of hydrogen-bond acceptors (Lipinski definition) is 5. The highest BCUT2D eigenvalue weighted by molar-refractivity contribution is 6.32. The van der Waals surface area contributed by atoms with E-state index in [1.807, 2.05) is 0 Å². The van der Waals surface area contributed by atoms with E-state index in [4.69, 9.17) is 11.6 Å². The number of halogens is 1. The predicted octanol–water partition coefficient (Wildman–Crippen LogP) is 1.84. The number of carbonyl (C=O) groups is 1. The molecule has 8 nitrogen and oxygen atoms in total. The first-order chi connectivity index (χ1) is 9.40. The van der Waals surface area contributed by atoms with Gasteiger partial charge < -0.3 is 5.32 Å². The fourth-order valence-electron chi connectivity index (χ4n) is 2.18. The molecule has 0 unspecified atom stereocenters. The fraction of sp³-hybridized carbons (Fsp3) is 0.364. The molecule has 1 N–H and O–H groups in total. The molecule has 0 saturated carbocycles. The monoisotopic (exact) mass is 299 g/mol. The van der Waals surface area contributed by atoms with Crippen molar-refractivity contribution in [1.29, 1.82) is 0 Å². The van der Waals surface area contributed by atoms with Crippen molar-refractivity contribution in [2.45, 2.75) is 24.9 Å². The molecule has 9 heteroatoms. The van der Waals surface area contributed by atoms with E-state index in [1.165, 1.54) is 12.1 Å². The van der Waals surface area contributed by atoms with Gasteiger partial charge in [0.2, 0.25) is 11.9 Å². The molecular weight excluding hydrogens is 290 g/mol. The Hall–Kier alpha value is -2.22. The lowest BCUT2D eigenvalue weighted by Gasteiger charge is -2.26. The molecule has 20 heavy (non-hydrogen) atoms. The van der Waals surface area contributed by atoms with E-state index in [0.29, 0.717) is 5.56 Å². The summed E-state index contributed by atoms with van der Waals surface area (Å²) in [6.45, 7) is 0. The van der Waals surface area contributed by atoms with Crippen LogP contribution in [0.25, 0.3) is 0 Å². The number of nitrogens with one attached hydrogen (secondary N) is 1. The third-order valence-electron chi connectivity index (χ3n) is 3.17. The number of nitro groups is 2. The maximum atomic E-state index is 11.4.